The molecule has 0 aliphatic carbocycles. The van der Waals surface area contributed by atoms with Crippen LogP contribution in [0.5, 0.6) is 0 Å². The number of fused-ring (bicyclic) bond motifs is 6. The Morgan fingerprint density at radius 1 is 0.333 bits per heavy atom. The lowest BCUT2D eigenvalue weighted by molar-refractivity contribution is 0.669. The van der Waals surface area contributed by atoms with E-state index in [1.807, 2.05) is 24.3 Å². The molecule has 0 atom stereocenters. The molecule has 0 N–H and O–H groups in total. The lowest BCUT2D eigenvalue weighted by Gasteiger charge is -2.27. The Morgan fingerprint density at radius 3 is 1.53 bits per heavy atom. The first-order chi connectivity index (χ1) is 25.3. The standard InChI is InChI=1S/C48H31NO2/c1-3-11-32(12-4-1)33-19-21-34(22-20-33)35-23-25-37(26-24-35)49(38-27-28-41-40-15-7-9-17-44(40)50-46(41)31-38)43-30-29-39(36-13-5-2-6-14-36)48-47(43)42-16-8-10-18-45(42)51-48/h1-31H. The molecule has 3 heteroatoms. The Bertz CT molecular complexity index is 2830. The second-order valence-electron chi connectivity index (χ2n) is 12.9. The van der Waals surface area contributed by atoms with Crippen LogP contribution in [0.2, 0.25) is 0 Å². The van der Waals surface area contributed by atoms with Crippen molar-refractivity contribution < 1.29 is 8.83 Å². The number of anilines is 3. The van der Waals surface area contributed by atoms with Crippen LogP contribution < -0.4 is 4.90 Å². The van der Waals surface area contributed by atoms with Crippen molar-refractivity contribution in [3.63, 3.8) is 0 Å². The average Bonchev–Trinajstić information content (AvgIpc) is 3.78. The van der Waals surface area contributed by atoms with Crippen molar-refractivity contribution in [3.8, 4) is 33.4 Å². The van der Waals surface area contributed by atoms with Gasteiger partial charge in [-0.3, -0.25) is 0 Å². The first-order valence-electron chi connectivity index (χ1n) is 17.3. The lowest BCUT2D eigenvalue weighted by Crippen LogP contribution is -2.10. The molecule has 0 spiro atoms. The number of hydrogen-bond donors (Lipinski definition) is 0. The highest BCUT2D eigenvalue weighted by atomic mass is 16.3. The molecule has 10 aromatic rings. The number of furan rings is 2. The first-order valence-corrected chi connectivity index (χ1v) is 17.3. The molecule has 0 radical (unpaired) electrons. The van der Waals surface area contributed by atoms with Gasteiger partial charge in [0.15, 0.2) is 0 Å². The normalized spacial score (nSPS) is 11.5. The summed E-state index contributed by atoms with van der Waals surface area (Å²) in [6.45, 7) is 0. The highest BCUT2D eigenvalue weighted by molar-refractivity contribution is 6.17. The summed E-state index contributed by atoms with van der Waals surface area (Å²) in [7, 11) is 0. The maximum atomic E-state index is 6.68. The van der Waals surface area contributed by atoms with Crippen LogP contribution in [0.25, 0.3) is 77.3 Å². The Hall–Kier alpha value is -6.84. The van der Waals surface area contributed by atoms with Crippen LogP contribution in [0.15, 0.2) is 197 Å². The summed E-state index contributed by atoms with van der Waals surface area (Å²) in [5.41, 5.74) is 13.5. The van der Waals surface area contributed by atoms with Gasteiger partial charge < -0.3 is 13.7 Å². The van der Waals surface area contributed by atoms with E-state index < -0.39 is 0 Å². The van der Waals surface area contributed by atoms with Crippen LogP contribution in [0.3, 0.4) is 0 Å². The van der Waals surface area contributed by atoms with Crippen LogP contribution in [0.1, 0.15) is 0 Å². The summed E-state index contributed by atoms with van der Waals surface area (Å²) < 4.78 is 13.1. The van der Waals surface area contributed by atoms with Crippen molar-refractivity contribution in [3.05, 3.63) is 188 Å². The van der Waals surface area contributed by atoms with E-state index in [9.17, 15) is 0 Å². The minimum absolute atomic E-state index is 0.850. The van der Waals surface area contributed by atoms with Crippen LogP contribution in [-0.4, -0.2) is 0 Å². The summed E-state index contributed by atoms with van der Waals surface area (Å²) in [6, 6.07) is 66.1. The van der Waals surface area contributed by atoms with Gasteiger partial charge in [-0.15, -0.1) is 0 Å². The summed E-state index contributed by atoms with van der Waals surface area (Å²) in [6.07, 6.45) is 0. The Labute approximate surface area is 295 Å². The van der Waals surface area contributed by atoms with Crippen molar-refractivity contribution in [1.82, 2.24) is 0 Å². The second-order valence-corrected chi connectivity index (χ2v) is 12.9. The summed E-state index contributed by atoms with van der Waals surface area (Å²) >= 11 is 0. The lowest BCUT2D eigenvalue weighted by atomic mass is 9.99. The molecule has 0 saturated carbocycles. The molecular formula is C48H31NO2. The third kappa shape index (κ3) is 4.98. The highest BCUT2D eigenvalue weighted by Gasteiger charge is 2.23. The average molecular weight is 654 g/mol. The predicted molar refractivity (Wildman–Crippen MR) is 212 cm³/mol. The molecule has 0 aliphatic rings. The molecular weight excluding hydrogens is 623 g/mol. The third-order valence-electron chi connectivity index (χ3n) is 9.90. The van der Waals surface area contributed by atoms with Crippen LogP contribution in [-0.2, 0) is 0 Å². The molecule has 8 aromatic carbocycles. The van der Waals surface area contributed by atoms with Gasteiger partial charge in [-0.2, -0.15) is 0 Å². The van der Waals surface area contributed by atoms with E-state index in [2.05, 4.69) is 169 Å². The highest BCUT2D eigenvalue weighted by Crippen LogP contribution is 2.47. The monoisotopic (exact) mass is 653 g/mol. The summed E-state index contributed by atoms with van der Waals surface area (Å²) in [4.78, 5) is 2.33. The van der Waals surface area contributed by atoms with E-state index >= 15 is 0 Å². The minimum atomic E-state index is 0.850. The van der Waals surface area contributed by atoms with E-state index in [0.717, 1.165) is 77.6 Å². The minimum Gasteiger partial charge on any atom is -0.456 e. The molecule has 0 saturated heterocycles. The van der Waals surface area contributed by atoms with Crippen LogP contribution >= 0.6 is 0 Å². The fourth-order valence-corrected chi connectivity index (χ4v) is 7.41. The van der Waals surface area contributed by atoms with Gasteiger partial charge >= 0.3 is 0 Å². The van der Waals surface area contributed by atoms with Crippen LogP contribution in [0, 0.1) is 0 Å². The van der Waals surface area contributed by atoms with E-state index in [1.54, 1.807) is 0 Å². The first kappa shape index (κ1) is 29.1. The molecule has 0 aliphatic heterocycles. The Balaban J connectivity index is 1.15. The largest absolute Gasteiger partial charge is 0.456 e. The maximum Gasteiger partial charge on any atom is 0.145 e. The van der Waals surface area contributed by atoms with Crippen molar-refractivity contribution >= 4 is 60.9 Å². The zero-order valence-electron chi connectivity index (χ0n) is 27.7. The number of hydrogen-bond acceptors (Lipinski definition) is 3. The van der Waals surface area contributed by atoms with E-state index in [4.69, 9.17) is 8.83 Å². The van der Waals surface area contributed by atoms with Gasteiger partial charge in [0.2, 0.25) is 0 Å². The third-order valence-corrected chi connectivity index (χ3v) is 9.90. The summed E-state index contributed by atoms with van der Waals surface area (Å²) in [5, 5.41) is 4.35. The van der Waals surface area contributed by atoms with Crippen LogP contribution in [0.4, 0.5) is 17.1 Å². The van der Waals surface area contributed by atoms with Gasteiger partial charge in [0.05, 0.1) is 11.1 Å². The fourth-order valence-electron chi connectivity index (χ4n) is 7.41. The number of para-hydroxylation sites is 2. The van der Waals surface area contributed by atoms with Gasteiger partial charge in [0.25, 0.3) is 0 Å². The number of benzene rings is 8. The molecule has 0 amide bonds. The fraction of sp³-hybridized carbons (Fsp3) is 0. The van der Waals surface area contributed by atoms with Crippen molar-refractivity contribution in [1.29, 1.82) is 0 Å². The maximum absolute atomic E-state index is 6.68. The molecule has 2 aromatic heterocycles. The summed E-state index contributed by atoms with van der Waals surface area (Å²) in [5.74, 6) is 0. The second kappa shape index (κ2) is 11.9. The number of rotatable bonds is 6. The smallest absolute Gasteiger partial charge is 0.145 e. The molecule has 2 heterocycles. The van der Waals surface area contributed by atoms with E-state index in [1.165, 1.54) is 16.7 Å². The van der Waals surface area contributed by atoms with Gasteiger partial charge in [-0.25, -0.2) is 0 Å². The van der Waals surface area contributed by atoms with Gasteiger partial charge in [-0.05, 0) is 76.3 Å². The zero-order chi connectivity index (χ0) is 33.7. The van der Waals surface area contributed by atoms with Crippen molar-refractivity contribution in [2.45, 2.75) is 0 Å². The number of nitrogens with zero attached hydrogens (tertiary/aromatic N) is 1. The van der Waals surface area contributed by atoms with Gasteiger partial charge in [0.1, 0.15) is 22.3 Å². The Kier molecular flexibility index (Phi) is 6.81. The topological polar surface area (TPSA) is 29.5 Å². The molecule has 240 valence electrons. The van der Waals surface area contributed by atoms with Crippen molar-refractivity contribution in [2.75, 3.05) is 4.90 Å². The van der Waals surface area contributed by atoms with Gasteiger partial charge in [0, 0.05) is 39.2 Å². The molecule has 51 heavy (non-hydrogen) atoms. The van der Waals surface area contributed by atoms with E-state index in [-0.39, 0.29) is 0 Å². The quantitative estimate of drug-likeness (QED) is 0.179. The molecule has 0 unspecified atom stereocenters. The Morgan fingerprint density at radius 2 is 0.843 bits per heavy atom. The SMILES string of the molecule is c1ccc(-c2ccc(-c3ccc(N(c4ccc5c(c4)oc4ccccc45)c4ccc(-c5ccccc5)c5oc6ccccc6c45)cc3)cc2)cc1. The molecule has 3 nitrogen and oxygen atoms in total. The zero-order valence-corrected chi connectivity index (χ0v) is 27.7. The predicted octanol–water partition coefficient (Wildman–Crippen LogP) is 14.0. The van der Waals surface area contributed by atoms with Crippen molar-refractivity contribution in [2.24, 2.45) is 0 Å². The molecule has 0 bridgehead atoms. The van der Waals surface area contributed by atoms with E-state index in [0.29, 0.717) is 0 Å². The molecule has 0 fully saturated rings. The molecule has 10 rings (SSSR count). The van der Waals surface area contributed by atoms with Gasteiger partial charge in [-0.1, -0.05) is 133 Å².